The van der Waals surface area contributed by atoms with E-state index >= 15 is 0 Å². The zero-order valence-electron chi connectivity index (χ0n) is 12.0. The number of nitrogens with zero attached hydrogens (tertiary/aromatic N) is 1. The van der Waals surface area contributed by atoms with Gasteiger partial charge in [-0.05, 0) is 38.1 Å². The number of sulfonamides is 1. The summed E-state index contributed by atoms with van der Waals surface area (Å²) in [5.74, 6) is 0.403. The molecular formula is C14H22N2O3S. The molecule has 20 heavy (non-hydrogen) atoms. The standard InChI is InChI=1S/C14H22N2O3S/c1-3-16(12-8-10-15-11-9-12)20(17,18)14-7-5-4-6-13(14)19-2/h4-7,12,15H,3,8-11H2,1-2H3. The summed E-state index contributed by atoms with van der Waals surface area (Å²) < 4.78 is 32.5. The van der Waals surface area contributed by atoms with Gasteiger partial charge in [0.2, 0.25) is 10.0 Å². The lowest BCUT2D eigenvalue weighted by Gasteiger charge is -2.33. The average Bonchev–Trinajstić information content (AvgIpc) is 2.48. The summed E-state index contributed by atoms with van der Waals surface area (Å²) in [6, 6.07) is 6.86. The van der Waals surface area contributed by atoms with E-state index in [0.29, 0.717) is 12.3 Å². The second-order valence-electron chi connectivity index (χ2n) is 4.84. The van der Waals surface area contributed by atoms with Gasteiger partial charge in [0.1, 0.15) is 10.6 Å². The van der Waals surface area contributed by atoms with E-state index < -0.39 is 10.0 Å². The molecule has 1 aliphatic rings. The number of piperidine rings is 1. The van der Waals surface area contributed by atoms with Crippen molar-refractivity contribution in [1.29, 1.82) is 0 Å². The summed E-state index contributed by atoms with van der Waals surface area (Å²) in [5.41, 5.74) is 0. The maximum absolute atomic E-state index is 12.9. The molecule has 1 N–H and O–H groups in total. The second-order valence-corrected chi connectivity index (χ2v) is 6.70. The highest BCUT2D eigenvalue weighted by Gasteiger charge is 2.32. The zero-order valence-corrected chi connectivity index (χ0v) is 12.8. The normalized spacial score (nSPS) is 17.4. The molecule has 0 aliphatic carbocycles. The Morgan fingerprint density at radius 3 is 2.55 bits per heavy atom. The molecule has 0 amide bonds. The van der Waals surface area contributed by atoms with E-state index in [1.54, 1.807) is 28.6 Å². The van der Waals surface area contributed by atoms with E-state index in [0.717, 1.165) is 25.9 Å². The fraction of sp³-hybridized carbons (Fsp3) is 0.571. The Kier molecular flexibility index (Phi) is 5.01. The van der Waals surface area contributed by atoms with Gasteiger partial charge in [-0.3, -0.25) is 0 Å². The van der Waals surface area contributed by atoms with E-state index in [1.807, 2.05) is 6.92 Å². The minimum absolute atomic E-state index is 0.0659. The minimum Gasteiger partial charge on any atom is -0.495 e. The molecule has 0 radical (unpaired) electrons. The lowest BCUT2D eigenvalue weighted by molar-refractivity contribution is 0.269. The Morgan fingerprint density at radius 2 is 1.95 bits per heavy atom. The molecule has 6 heteroatoms. The van der Waals surface area contributed by atoms with Crippen LogP contribution in [0.25, 0.3) is 0 Å². The van der Waals surface area contributed by atoms with Crippen LogP contribution in [0.5, 0.6) is 5.75 Å². The lowest BCUT2D eigenvalue weighted by atomic mass is 10.1. The number of ether oxygens (including phenoxy) is 1. The van der Waals surface area contributed by atoms with Crippen LogP contribution < -0.4 is 10.1 Å². The molecule has 0 saturated carbocycles. The number of rotatable bonds is 5. The van der Waals surface area contributed by atoms with Gasteiger partial charge in [-0.15, -0.1) is 0 Å². The van der Waals surface area contributed by atoms with Crippen LogP contribution in [0, 0.1) is 0 Å². The van der Waals surface area contributed by atoms with Crippen molar-refractivity contribution >= 4 is 10.0 Å². The summed E-state index contributed by atoms with van der Waals surface area (Å²) >= 11 is 0. The molecule has 0 aromatic heterocycles. The molecule has 1 heterocycles. The van der Waals surface area contributed by atoms with Crippen LogP contribution in [0.2, 0.25) is 0 Å². The summed E-state index contributed by atoms with van der Waals surface area (Å²) in [6.45, 7) is 4.09. The minimum atomic E-state index is -3.51. The highest BCUT2D eigenvalue weighted by molar-refractivity contribution is 7.89. The van der Waals surface area contributed by atoms with Gasteiger partial charge in [0.15, 0.2) is 0 Å². The fourth-order valence-corrected chi connectivity index (χ4v) is 4.53. The van der Waals surface area contributed by atoms with Crippen LogP contribution in [-0.4, -0.2) is 45.5 Å². The quantitative estimate of drug-likeness (QED) is 0.894. The van der Waals surface area contributed by atoms with Gasteiger partial charge < -0.3 is 10.1 Å². The van der Waals surface area contributed by atoms with E-state index in [9.17, 15) is 8.42 Å². The predicted molar refractivity (Wildman–Crippen MR) is 78.5 cm³/mol. The van der Waals surface area contributed by atoms with Crippen LogP contribution in [0.1, 0.15) is 19.8 Å². The first-order valence-corrected chi connectivity index (χ1v) is 8.40. The van der Waals surface area contributed by atoms with Crippen LogP contribution in [-0.2, 0) is 10.0 Å². The topological polar surface area (TPSA) is 58.6 Å². The maximum Gasteiger partial charge on any atom is 0.246 e. The SMILES string of the molecule is CCN(C1CCNCC1)S(=O)(=O)c1ccccc1OC. The summed E-state index contributed by atoms with van der Waals surface area (Å²) in [6.07, 6.45) is 1.70. The molecule has 0 atom stereocenters. The molecule has 2 rings (SSSR count). The molecule has 1 aromatic carbocycles. The zero-order chi connectivity index (χ0) is 14.6. The van der Waals surface area contributed by atoms with E-state index in [4.69, 9.17) is 4.74 Å². The second kappa shape index (κ2) is 6.56. The van der Waals surface area contributed by atoms with Crippen LogP contribution >= 0.6 is 0 Å². The van der Waals surface area contributed by atoms with Crippen molar-refractivity contribution in [3.8, 4) is 5.75 Å². The average molecular weight is 298 g/mol. The van der Waals surface area contributed by atoms with Gasteiger partial charge in [-0.25, -0.2) is 8.42 Å². The van der Waals surface area contributed by atoms with Crippen molar-refractivity contribution in [2.24, 2.45) is 0 Å². The van der Waals surface area contributed by atoms with Gasteiger partial charge in [-0.1, -0.05) is 19.1 Å². The van der Waals surface area contributed by atoms with E-state index in [2.05, 4.69) is 5.32 Å². The third-order valence-corrected chi connectivity index (χ3v) is 5.75. The first kappa shape index (κ1) is 15.3. The molecule has 0 spiro atoms. The number of hydrogen-bond donors (Lipinski definition) is 1. The Hall–Kier alpha value is -1.11. The maximum atomic E-state index is 12.9. The van der Waals surface area contributed by atoms with Crippen molar-refractivity contribution in [3.63, 3.8) is 0 Å². The number of methoxy groups -OCH3 is 1. The number of benzene rings is 1. The van der Waals surface area contributed by atoms with E-state index in [1.165, 1.54) is 7.11 Å². The molecule has 1 saturated heterocycles. The molecule has 0 bridgehead atoms. The first-order valence-electron chi connectivity index (χ1n) is 6.96. The molecule has 1 fully saturated rings. The van der Waals surface area contributed by atoms with Crippen molar-refractivity contribution in [1.82, 2.24) is 9.62 Å². The molecule has 0 unspecified atom stereocenters. The van der Waals surface area contributed by atoms with Gasteiger partial charge in [0.05, 0.1) is 7.11 Å². The Morgan fingerprint density at radius 1 is 1.30 bits per heavy atom. The number of para-hydroxylation sites is 1. The van der Waals surface area contributed by atoms with Crippen molar-refractivity contribution in [3.05, 3.63) is 24.3 Å². The molecular weight excluding hydrogens is 276 g/mol. The van der Waals surface area contributed by atoms with Gasteiger partial charge >= 0.3 is 0 Å². The van der Waals surface area contributed by atoms with Crippen LogP contribution in [0.15, 0.2) is 29.2 Å². The Bertz CT molecular complexity index is 539. The third-order valence-electron chi connectivity index (χ3n) is 3.68. The summed E-state index contributed by atoms with van der Waals surface area (Å²) in [7, 11) is -2.02. The number of hydrogen-bond acceptors (Lipinski definition) is 4. The summed E-state index contributed by atoms with van der Waals surface area (Å²) in [4.78, 5) is 0.253. The largest absolute Gasteiger partial charge is 0.495 e. The van der Waals surface area contributed by atoms with Crippen molar-refractivity contribution in [2.45, 2.75) is 30.7 Å². The predicted octanol–water partition coefficient (Wildman–Crippen LogP) is 1.46. The highest BCUT2D eigenvalue weighted by atomic mass is 32.2. The lowest BCUT2D eigenvalue weighted by Crippen LogP contribution is -2.46. The third kappa shape index (κ3) is 2.97. The molecule has 1 aromatic rings. The Labute approximate surface area is 121 Å². The van der Waals surface area contributed by atoms with Crippen molar-refractivity contribution < 1.29 is 13.2 Å². The highest BCUT2D eigenvalue weighted by Crippen LogP contribution is 2.28. The van der Waals surface area contributed by atoms with E-state index in [-0.39, 0.29) is 10.9 Å². The first-order chi connectivity index (χ1) is 9.61. The van der Waals surface area contributed by atoms with Gasteiger partial charge in [-0.2, -0.15) is 4.31 Å². The molecule has 1 aliphatic heterocycles. The van der Waals surface area contributed by atoms with Crippen molar-refractivity contribution in [2.75, 3.05) is 26.7 Å². The van der Waals surface area contributed by atoms with Gasteiger partial charge in [0.25, 0.3) is 0 Å². The molecule has 112 valence electrons. The van der Waals surface area contributed by atoms with Crippen LogP contribution in [0.3, 0.4) is 0 Å². The summed E-state index contributed by atoms with van der Waals surface area (Å²) in [5, 5.41) is 3.26. The molecule has 5 nitrogen and oxygen atoms in total. The van der Waals surface area contributed by atoms with Gasteiger partial charge in [0, 0.05) is 12.6 Å². The monoisotopic (exact) mass is 298 g/mol. The Balaban J connectivity index is 2.35. The fourth-order valence-electron chi connectivity index (χ4n) is 2.68. The number of nitrogens with one attached hydrogen (secondary N) is 1. The van der Waals surface area contributed by atoms with Crippen LogP contribution in [0.4, 0.5) is 0 Å². The smallest absolute Gasteiger partial charge is 0.246 e.